The van der Waals surface area contributed by atoms with Crippen molar-refractivity contribution < 1.29 is 14.0 Å². The van der Waals surface area contributed by atoms with Gasteiger partial charge in [-0.15, -0.1) is 0 Å². The molecular weight excluding hydrogens is 226 g/mol. The second-order valence-electron chi connectivity index (χ2n) is 3.61. The van der Waals surface area contributed by atoms with E-state index in [0.717, 1.165) is 19.1 Å². The lowest BCUT2D eigenvalue weighted by Gasteiger charge is -2.22. The van der Waals surface area contributed by atoms with Crippen LogP contribution in [0.4, 0.5) is 0 Å². The maximum Gasteiger partial charge on any atom is 0.307 e. The quantitative estimate of drug-likeness (QED) is 0.298. The molecule has 4 nitrogen and oxygen atoms in total. The van der Waals surface area contributed by atoms with Crippen molar-refractivity contribution >= 4 is 23.6 Å². The first-order chi connectivity index (χ1) is 7.15. The number of hydrogen-bond acceptors (Lipinski definition) is 4. The molecule has 0 bridgehead atoms. The second-order valence-corrected chi connectivity index (χ2v) is 10.8. The maximum absolute atomic E-state index is 10.9. The summed E-state index contributed by atoms with van der Waals surface area (Å²) in [4.78, 5) is 10.9. The van der Waals surface area contributed by atoms with E-state index in [0.29, 0.717) is 11.0 Å². The van der Waals surface area contributed by atoms with Crippen LogP contribution in [-0.2, 0) is 14.0 Å². The number of carbonyl (C=O) groups excluding carboxylic acids is 1. The van der Waals surface area contributed by atoms with Crippen molar-refractivity contribution in [2.45, 2.75) is 26.3 Å². The Morgan fingerprint density at radius 3 is 2.80 bits per heavy atom. The van der Waals surface area contributed by atoms with E-state index in [1.807, 2.05) is 0 Å². The number of allylic oxidation sites excluding steroid dienone is 1. The van der Waals surface area contributed by atoms with Crippen LogP contribution in [0.15, 0.2) is 11.0 Å². The van der Waals surface area contributed by atoms with E-state index in [9.17, 15) is 4.79 Å². The average molecular weight is 241 g/mol. The molecule has 82 valence electrons. The lowest BCUT2D eigenvalue weighted by molar-refractivity contribution is -0.136. The molecule has 0 aliphatic carbocycles. The molecule has 1 rings (SSSR count). The van der Waals surface area contributed by atoms with Crippen LogP contribution < -0.4 is 0 Å². The smallest absolute Gasteiger partial charge is 0.307 e. The van der Waals surface area contributed by atoms with Crippen molar-refractivity contribution in [1.82, 2.24) is 0 Å². The minimum Gasteiger partial charge on any atom is -0.436 e. The molecule has 1 heterocycles. The summed E-state index contributed by atoms with van der Waals surface area (Å²) >= 11 is 0. The Morgan fingerprint density at radius 1 is 1.60 bits per heavy atom. The summed E-state index contributed by atoms with van der Waals surface area (Å²) in [5, 5.41) is 9.52. The minimum atomic E-state index is -1.24. The van der Waals surface area contributed by atoms with E-state index < -0.39 is 17.6 Å². The fourth-order valence-corrected chi connectivity index (χ4v) is 8.87. The predicted molar refractivity (Wildman–Crippen MR) is 61.1 cm³/mol. The standard InChI is InChI=1S/C9H15NO3Si2/c1-7(6-10)9(13-8(2)11)15-5-3-4-12-14-15/h15H,3-5,14H2,1-2H3. The van der Waals surface area contributed by atoms with E-state index >= 15 is 0 Å². The molecule has 0 aromatic rings. The number of rotatable bonds is 2. The maximum atomic E-state index is 10.9. The summed E-state index contributed by atoms with van der Waals surface area (Å²) in [6.07, 6.45) is 1.04. The number of hydrogen-bond donors (Lipinski definition) is 0. The first-order valence-corrected chi connectivity index (χ1v) is 10.3. The van der Waals surface area contributed by atoms with E-state index in [1.54, 1.807) is 6.92 Å². The molecule has 15 heavy (non-hydrogen) atoms. The van der Waals surface area contributed by atoms with Gasteiger partial charge in [0.2, 0.25) is 0 Å². The summed E-state index contributed by atoms with van der Waals surface area (Å²) in [6.45, 7) is 3.94. The van der Waals surface area contributed by atoms with Crippen molar-refractivity contribution in [1.29, 1.82) is 5.26 Å². The summed E-state index contributed by atoms with van der Waals surface area (Å²) in [5.74, 6) is -0.327. The third-order valence-corrected chi connectivity index (χ3v) is 9.90. The molecule has 1 atom stereocenters. The van der Waals surface area contributed by atoms with Gasteiger partial charge >= 0.3 is 5.97 Å². The van der Waals surface area contributed by atoms with Gasteiger partial charge in [-0.2, -0.15) is 5.26 Å². The molecule has 0 aromatic heterocycles. The Balaban J connectivity index is 2.80. The summed E-state index contributed by atoms with van der Waals surface area (Å²) < 4.78 is 10.7. The van der Waals surface area contributed by atoms with Gasteiger partial charge in [-0.1, -0.05) is 6.04 Å². The van der Waals surface area contributed by atoms with Gasteiger partial charge in [-0.25, -0.2) is 0 Å². The zero-order chi connectivity index (χ0) is 11.3. The van der Waals surface area contributed by atoms with Gasteiger partial charge < -0.3 is 9.16 Å². The molecule has 0 radical (unpaired) electrons. The van der Waals surface area contributed by atoms with Gasteiger partial charge in [0.1, 0.15) is 8.31 Å². The lowest BCUT2D eigenvalue weighted by atomic mass is 10.4. The van der Waals surface area contributed by atoms with Crippen molar-refractivity contribution in [3.05, 3.63) is 11.0 Å². The highest BCUT2D eigenvalue weighted by atomic mass is 29.2. The Bertz CT molecular complexity index is 316. The first kappa shape index (κ1) is 12.2. The van der Waals surface area contributed by atoms with E-state index in [2.05, 4.69) is 6.07 Å². The normalized spacial score (nSPS) is 24.2. The van der Waals surface area contributed by atoms with Crippen LogP contribution in [0.25, 0.3) is 0 Å². The van der Waals surface area contributed by atoms with Gasteiger partial charge in [0.25, 0.3) is 0 Å². The van der Waals surface area contributed by atoms with Crippen LogP contribution in [0.5, 0.6) is 0 Å². The molecular formula is C9H15NO3Si2. The molecule has 0 saturated carbocycles. The largest absolute Gasteiger partial charge is 0.436 e. The second kappa shape index (κ2) is 5.85. The highest BCUT2D eigenvalue weighted by molar-refractivity contribution is 7.13. The van der Waals surface area contributed by atoms with Gasteiger partial charge in [-0.05, 0) is 13.3 Å². The fraction of sp³-hybridized carbons (Fsp3) is 0.556. The molecule has 1 saturated heterocycles. The number of esters is 1. The molecule has 0 amide bonds. The third kappa shape index (κ3) is 3.62. The van der Waals surface area contributed by atoms with Crippen LogP contribution in [-0.4, -0.2) is 30.2 Å². The Hall–Kier alpha value is -0.906. The average Bonchev–Trinajstić information content (AvgIpc) is 2.26. The molecule has 0 spiro atoms. The van der Waals surface area contributed by atoms with Crippen LogP contribution in [0, 0.1) is 11.3 Å². The first-order valence-electron chi connectivity index (χ1n) is 5.02. The van der Waals surface area contributed by atoms with Crippen molar-refractivity contribution in [2.75, 3.05) is 6.61 Å². The monoisotopic (exact) mass is 241 g/mol. The van der Waals surface area contributed by atoms with Crippen molar-refractivity contribution in [3.8, 4) is 6.07 Å². The van der Waals surface area contributed by atoms with Crippen LogP contribution in [0.1, 0.15) is 20.3 Å². The Morgan fingerprint density at radius 2 is 2.33 bits per heavy atom. The molecule has 1 aliphatic rings. The topological polar surface area (TPSA) is 59.3 Å². The highest BCUT2D eigenvalue weighted by Gasteiger charge is 2.25. The molecule has 6 heteroatoms. The third-order valence-electron chi connectivity index (χ3n) is 2.32. The summed E-state index contributed by atoms with van der Waals surface area (Å²) in [7, 11) is -1.81. The fourth-order valence-electron chi connectivity index (χ4n) is 1.62. The van der Waals surface area contributed by atoms with E-state index in [-0.39, 0.29) is 5.97 Å². The molecule has 1 fully saturated rings. The number of carbonyl (C=O) groups is 1. The summed E-state index contributed by atoms with van der Waals surface area (Å²) in [5.41, 5.74) is 0.555. The number of ether oxygens (including phenoxy) is 1. The molecule has 1 aliphatic heterocycles. The number of nitriles is 1. The highest BCUT2D eigenvalue weighted by Crippen LogP contribution is 2.17. The van der Waals surface area contributed by atoms with Gasteiger partial charge in [0, 0.05) is 13.5 Å². The van der Waals surface area contributed by atoms with Crippen molar-refractivity contribution in [3.63, 3.8) is 0 Å². The predicted octanol–water partition coefficient (Wildman–Crippen LogP) is 0.114. The molecule has 1 unspecified atom stereocenters. The van der Waals surface area contributed by atoms with Crippen LogP contribution >= 0.6 is 0 Å². The van der Waals surface area contributed by atoms with Crippen molar-refractivity contribution in [2.24, 2.45) is 0 Å². The Labute approximate surface area is 93.2 Å². The zero-order valence-electron chi connectivity index (χ0n) is 9.08. The van der Waals surface area contributed by atoms with Gasteiger partial charge in [0.15, 0.2) is 9.28 Å². The SMILES string of the molecule is CC(=O)OC(=C(C)C#N)[SiH]1CCCO[SiH2]1. The van der Waals surface area contributed by atoms with Crippen LogP contribution in [0.3, 0.4) is 0 Å². The van der Waals surface area contributed by atoms with Gasteiger partial charge in [0.05, 0.1) is 17.0 Å². The molecule has 0 N–H and O–H groups in total. The van der Waals surface area contributed by atoms with Crippen LogP contribution in [0.2, 0.25) is 6.04 Å². The summed E-state index contributed by atoms with van der Waals surface area (Å²) in [6, 6.07) is 3.18. The van der Waals surface area contributed by atoms with E-state index in [4.69, 9.17) is 14.4 Å². The van der Waals surface area contributed by atoms with Gasteiger partial charge in [-0.3, -0.25) is 4.79 Å². The zero-order valence-corrected chi connectivity index (χ0v) is 11.6. The molecule has 0 aromatic carbocycles. The van der Waals surface area contributed by atoms with E-state index in [1.165, 1.54) is 6.92 Å². The lowest BCUT2D eigenvalue weighted by Crippen LogP contribution is -2.34. The number of nitrogens with zero attached hydrogens (tertiary/aromatic N) is 1. The minimum absolute atomic E-state index is 0.327. The Kier molecular flexibility index (Phi) is 4.74.